The van der Waals surface area contributed by atoms with Crippen molar-refractivity contribution in [3.05, 3.63) is 29.0 Å². The average molecular weight is 377 g/mol. The maximum Gasteiger partial charge on any atom is 0.161 e. The number of rotatable bonds is 7. The summed E-state index contributed by atoms with van der Waals surface area (Å²) in [5.41, 5.74) is 2.26. The number of hydrogen-bond acceptors (Lipinski definition) is 5. The number of ether oxygens (including phenoxy) is 2. The van der Waals surface area contributed by atoms with E-state index < -0.39 is 0 Å². The first-order valence-electron chi connectivity index (χ1n) is 9.23. The SMILES string of the molecule is COc1cc2c(cc1OC)C(C)C(C(=O)CC(C(O)=C1CC1)C(C)C)S2. The third-order valence-corrected chi connectivity index (χ3v) is 7.00. The Morgan fingerprint density at radius 2 is 1.85 bits per heavy atom. The summed E-state index contributed by atoms with van der Waals surface area (Å²) in [6, 6.07) is 3.95. The Labute approximate surface area is 160 Å². The molecule has 26 heavy (non-hydrogen) atoms. The van der Waals surface area contributed by atoms with Gasteiger partial charge < -0.3 is 14.6 Å². The second kappa shape index (κ2) is 7.55. The number of ketones is 1. The van der Waals surface area contributed by atoms with E-state index in [1.165, 1.54) is 0 Å². The molecule has 0 aromatic heterocycles. The summed E-state index contributed by atoms with van der Waals surface area (Å²) in [7, 11) is 3.25. The molecule has 1 heterocycles. The number of carbonyl (C=O) groups is 1. The molecule has 3 unspecified atom stereocenters. The predicted octanol–water partition coefficient (Wildman–Crippen LogP) is 5.12. The molecule has 0 saturated heterocycles. The van der Waals surface area contributed by atoms with Crippen LogP contribution in [0.3, 0.4) is 0 Å². The topological polar surface area (TPSA) is 55.8 Å². The lowest BCUT2D eigenvalue weighted by molar-refractivity contribution is -0.120. The maximum atomic E-state index is 13.1. The number of thioether (sulfide) groups is 1. The largest absolute Gasteiger partial charge is 0.512 e. The number of allylic oxidation sites excluding steroid dienone is 2. The molecule has 1 N–H and O–H groups in total. The van der Waals surface area contributed by atoms with Crippen LogP contribution in [0.1, 0.15) is 51.5 Å². The minimum atomic E-state index is -0.125. The van der Waals surface area contributed by atoms with E-state index in [0.29, 0.717) is 23.7 Å². The van der Waals surface area contributed by atoms with E-state index in [-0.39, 0.29) is 28.8 Å². The minimum Gasteiger partial charge on any atom is -0.512 e. The van der Waals surface area contributed by atoms with Crippen LogP contribution in [-0.4, -0.2) is 30.4 Å². The molecule has 3 atom stereocenters. The molecule has 142 valence electrons. The van der Waals surface area contributed by atoms with Gasteiger partial charge in [-0.3, -0.25) is 4.79 Å². The standard InChI is InChI=1S/C21H28O4S/c1-11(2)14(20(23)13-6-7-13)8-16(22)21-12(3)15-9-17(24-4)18(25-5)10-19(15)26-21/h9-12,14,21,23H,6-8H2,1-5H3. The van der Waals surface area contributed by atoms with Crippen LogP contribution in [0.15, 0.2) is 28.4 Å². The highest BCUT2D eigenvalue weighted by molar-refractivity contribution is 8.01. The number of fused-ring (bicyclic) bond motifs is 1. The van der Waals surface area contributed by atoms with Crippen LogP contribution in [0.25, 0.3) is 0 Å². The molecule has 0 radical (unpaired) electrons. The minimum absolute atomic E-state index is 0.0689. The molecule has 0 amide bonds. The van der Waals surface area contributed by atoms with Gasteiger partial charge in [0.15, 0.2) is 11.5 Å². The second-order valence-electron chi connectivity index (χ2n) is 7.58. The smallest absolute Gasteiger partial charge is 0.161 e. The summed E-state index contributed by atoms with van der Waals surface area (Å²) in [6.07, 6.45) is 2.35. The number of benzene rings is 1. The van der Waals surface area contributed by atoms with Crippen LogP contribution in [-0.2, 0) is 4.79 Å². The van der Waals surface area contributed by atoms with Gasteiger partial charge in [-0.2, -0.15) is 0 Å². The van der Waals surface area contributed by atoms with Crippen LogP contribution < -0.4 is 9.47 Å². The van der Waals surface area contributed by atoms with Crippen LogP contribution >= 0.6 is 11.8 Å². The van der Waals surface area contributed by atoms with Gasteiger partial charge in [-0.25, -0.2) is 0 Å². The zero-order chi connectivity index (χ0) is 19.0. The quantitative estimate of drug-likeness (QED) is 0.670. The molecule has 0 bridgehead atoms. The molecular formula is C21H28O4S. The molecule has 2 aliphatic rings. The molecule has 1 aromatic carbocycles. The molecule has 1 saturated carbocycles. The van der Waals surface area contributed by atoms with Crippen molar-refractivity contribution in [3.8, 4) is 11.5 Å². The summed E-state index contributed by atoms with van der Waals surface area (Å²) in [6.45, 7) is 6.25. The van der Waals surface area contributed by atoms with Crippen molar-refractivity contribution in [1.29, 1.82) is 0 Å². The molecule has 3 rings (SSSR count). The first-order chi connectivity index (χ1) is 12.4. The number of aliphatic hydroxyl groups excluding tert-OH is 1. The highest BCUT2D eigenvalue weighted by atomic mass is 32.2. The fourth-order valence-electron chi connectivity index (χ4n) is 3.64. The van der Waals surface area contributed by atoms with Crippen LogP contribution in [0.2, 0.25) is 0 Å². The van der Waals surface area contributed by atoms with Gasteiger partial charge in [0.05, 0.1) is 25.2 Å². The normalized spacial score (nSPS) is 22.2. The van der Waals surface area contributed by atoms with Gasteiger partial charge in [0.1, 0.15) is 5.78 Å². The van der Waals surface area contributed by atoms with Gasteiger partial charge in [0, 0.05) is 23.2 Å². The van der Waals surface area contributed by atoms with E-state index in [2.05, 4.69) is 20.8 Å². The van der Waals surface area contributed by atoms with Crippen LogP contribution in [0.5, 0.6) is 11.5 Å². The average Bonchev–Trinajstić information content (AvgIpc) is 3.42. The summed E-state index contributed by atoms with van der Waals surface area (Å²) in [5.74, 6) is 2.36. The lowest BCUT2D eigenvalue weighted by Gasteiger charge is -2.22. The highest BCUT2D eigenvalue weighted by Gasteiger charge is 2.38. The van der Waals surface area contributed by atoms with Crippen LogP contribution in [0.4, 0.5) is 0 Å². The van der Waals surface area contributed by atoms with Crippen molar-refractivity contribution in [2.24, 2.45) is 11.8 Å². The van der Waals surface area contributed by atoms with Crippen molar-refractivity contribution in [3.63, 3.8) is 0 Å². The van der Waals surface area contributed by atoms with E-state index in [1.807, 2.05) is 12.1 Å². The van der Waals surface area contributed by atoms with E-state index in [0.717, 1.165) is 28.9 Å². The first kappa shape index (κ1) is 19.2. The number of aliphatic hydroxyl groups is 1. The van der Waals surface area contributed by atoms with Crippen molar-refractivity contribution >= 4 is 17.5 Å². The Hall–Kier alpha value is -1.62. The van der Waals surface area contributed by atoms with Crippen molar-refractivity contribution in [1.82, 2.24) is 0 Å². The van der Waals surface area contributed by atoms with Crippen molar-refractivity contribution in [2.45, 2.75) is 56.1 Å². The molecule has 1 fully saturated rings. The third-order valence-electron chi connectivity index (χ3n) is 5.47. The van der Waals surface area contributed by atoms with Gasteiger partial charge >= 0.3 is 0 Å². The maximum absolute atomic E-state index is 13.1. The highest BCUT2D eigenvalue weighted by Crippen LogP contribution is 2.50. The van der Waals surface area contributed by atoms with Crippen molar-refractivity contribution < 1.29 is 19.4 Å². The van der Waals surface area contributed by atoms with E-state index >= 15 is 0 Å². The molecule has 1 aliphatic carbocycles. The van der Waals surface area contributed by atoms with E-state index in [9.17, 15) is 9.90 Å². The Morgan fingerprint density at radius 3 is 2.38 bits per heavy atom. The molecule has 4 nitrogen and oxygen atoms in total. The zero-order valence-corrected chi connectivity index (χ0v) is 17.0. The summed E-state index contributed by atoms with van der Waals surface area (Å²) < 4.78 is 10.8. The Balaban J connectivity index is 1.79. The van der Waals surface area contributed by atoms with Gasteiger partial charge in [-0.1, -0.05) is 20.8 Å². The Morgan fingerprint density at radius 1 is 1.23 bits per heavy atom. The Bertz CT molecular complexity index is 732. The number of Topliss-reactive ketones (excluding diaryl/α,β-unsaturated/α-hetero) is 1. The molecule has 1 aliphatic heterocycles. The van der Waals surface area contributed by atoms with Gasteiger partial charge in [-0.05, 0) is 42.0 Å². The van der Waals surface area contributed by atoms with Crippen molar-refractivity contribution in [2.75, 3.05) is 14.2 Å². The molecular weight excluding hydrogens is 348 g/mol. The monoisotopic (exact) mass is 376 g/mol. The molecule has 5 heteroatoms. The summed E-state index contributed by atoms with van der Waals surface area (Å²) in [4.78, 5) is 14.2. The lowest BCUT2D eigenvalue weighted by Crippen LogP contribution is -2.25. The fraction of sp³-hybridized carbons (Fsp3) is 0.571. The third kappa shape index (κ3) is 3.59. The van der Waals surface area contributed by atoms with Gasteiger partial charge in [-0.15, -0.1) is 11.8 Å². The van der Waals surface area contributed by atoms with E-state index in [4.69, 9.17) is 9.47 Å². The summed E-state index contributed by atoms with van der Waals surface area (Å²) in [5, 5.41) is 10.3. The number of carbonyl (C=O) groups excluding carboxylic acids is 1. The lowest BCUT2D eigenvalue weighted by atomic mass is 9.85. The molecule has 1 aromatic rings. The molecule has 0 spiro atoms. The van der Waals surface area contributed by atoms with Gasteiger partial charge in [0.2, 0.25) is 0 Å². The number of methoxy groups -OCH3 is 2. The summed E-state index contributed by atoms with van der Waals surface area (Å²) >= 11 is 1.61. The zero-order valence-electron chi connectivity index (χ0n) is 16.2. The Kier molecular flexibility index (Phi) is 5.56. The number of hydrogen-bond donors (Lipinski definition) is 1. The predicted molar refractivity (Wildman–Crippen MR) is 104 cm³/mol. The van der Waals surface area contributed by atoms with E-state index in [1.54, 1.807) is 26.0 Å². The second-order valence-corrected chi connectivity index (χ2v) is 8.77. The van der Waals surface area contributed by atoms with Crippen LogP contribution in [0, 0.1) is 11.8 Å². The fourth-order valence-corrected chi connectivity index (χ4v) is 5.05. The van der Waals surface area contributed by atoms with Gasteiger partial charge in [0.25, 0.3) is 0 Å². The first-order valence-corrected chi connectivity index (χ1v) is 10.1.